The molecule has 1 heterocycles. The number of aldehydes is 1. The number of alkyl carbamates (subject to hydrolysis) is 1. The van der Waals surface area contributed by atoms with Crippen molar-refractivity contribution in [3.05, 3.63) is 0 Å². The van der Waals surface area contributed by atoms with Crippen LogP contribution in [0.25, 0.3) is 0 Å². The lowest BCUT2D eigenvalue weighted by Crippen LogP contribution is -2.43. The Bertz CT molecular complexity index is 285. The van der Waals surface area contributed by atoms with Gasteiger partial charge in [-0.05, 0) is 32.9 Å². The molecule has 17 heavy (non-hydrogen) atoms. The molecule has 1 rings (SSSR count). The molecule has 0 spiro atoms. The molecule has 0 bridgehead atoms. The van der Waals surface area contributed by atoms with Crippen molar-refractivity contribution < 1.29 is 19.1 Å². The monoisotopic (exact) mass is 242 g/mol. The number of hydrogen-bond donors (Lipinski definition) is 1. The molecule has 0 aromatic rings. The van der Waals surface area contributed by atoms with E-state index in [9.17, 15) is 14.4 Å². The quantitative estimate of drug-likeness (QED) is 0.711. The summed E-state index contributed by atoms with van der Waals surface area (Å²) in [6.07, 6.45) is 1.81. The number of imide groups is 1. The number of piperidine rings is 1. The van der Waals surface area contributed by atoms with Crippen molar-refractivity contribution in [3.8, 4) is 0 Å². The molecule has 0 unspecified atom stereocenters. The minimum Gasteiger partial charge on any atom is -0.450 e. The normalized spacial score (nSPS) is 17.5. The zero-order valence-electron chi connectivity index (χ0n) is 9.98. The van der Waals surface area contributed by atoms with Crippen molar-refractivity contribution in [2.45, 2.75) is 19.8 Å². The average molecular weight is 242 g/mol. The van der Waals surface area contributed by atoms with Crippen LogP contribution in [0.4, 0.5) is 4.79 Å². The van der Waals surface area contributed by atoms with Gasteiger partial charge in [0.15, 0.2) is 0 Å². The third-order valence-electron chi connectivity index (χ3n) is 2.71. The third kappa shape index (κ3) is 4.95. The summed E-state index contributed by atoms with van der Waals surface area (Å²) in [4.78, 5) is 34.9. The van der Waals surface area contributed by atoms with Crippen LogP contribution in [0.15, 0.2) is 0 Å². The number of hydrogen-bond acceptors (Lipinski definition) is 5. The standard InChI is InChI=1S/C11H18N2O4/c1-2-17-11(16)12-10(15)7-13-5-3-9(8-14)4-6-13/h8-9H,2-7H2,1H3,(H,12,15,16). The first kappa shape index (κ1) is 13.6. The Morgan fingerprint density at radius 1 is 1.41 bits per heavy atom. The van der Waals surface area contributed by atoms with E-state index in [4.69, 9.17) is 0 Å². The van der Waals surface area contributed by atoms with Gasteiger partial charge >= 0.3 is 6.09 Å². The highest BCUT2D eigenvalue weighted by Crippen LogP contribution is 2.14. The number of ether oxygens (including phenoxy) is 1. The Balaban J connectivity index is 2.23. The zero-order chi connectivity index (χ0) is 12.7. The van der Waals surface area contributed by atoms with Crippen LogP contribution in [-0.2, 0) is 14.3 Å². The molecule has 0 saturated carbocycles. The number of amides is 2. The van der Waals surface area contributed by atoms with Crippen molar-refractivity contribution >= 4 is 18.3 Å². The average Bonchev–Trinajstić information content (AvgIpc) is 2.30. The topological polar surface area (TPSA) is 75.7 Å². The molecular weight excluding hydrogens is 224 g/mol. The summed E-state index contributed by atoms with van der Waals surface area (Å²) < 4.78 is 4.60. The lowest BCUT2D eigenvalue weighted by atomic mass is 9.99. The Hall–Kier alpha value is -1.43. The fourth-order valence-corrected chi connectivity index (χ4v) is 1.77. The highest BCUT2D eigenvalue weighted by Gasteiger charge is 2.20. The maximum absolute atomic E-state index is 11.4. The largest absolute Gasteiger partial charge is 0.450 e. The van der Waals surface area contributed by atoms with Gasteiger partial charge in [0.05, 0.1) is 13.2 Å². The molecule has 1 saturated heterocycles. The van der Waals surface area contributed by atoms with Crippen LogP contribution in [0.1, 0.15) is 19.8 Å². The SMILES string of the molecule is CCOC(=O)NC(=O)CN1CCC(C=O)CC1. The Morgan fingerprint density at radius 2 is 2.06 bits per heavy atom. The van der Waals surface area contributed by atoms with E-state index in [1.54, 1.807) is 6.92 Å². The van der Waals surface area contributed by atoms with Crippen molar-refractivity contribution in [1.29, 1.82) is 0 Å². The third-order valence-corrected chi connectivity index (χ3v) is 2.71. The van der Waals surface area contributed by atoms with Crippen LogP contribution in [0.5, 0.6) is 0 Å². The highest BCUT2D eigenvalue weighted by molar-refractivity contribution is 5.92. The molecular formula is C11H18N2O4. The second-order valence-electron chi connectivity index (χ2n) is 4.02. The zero-order valence-corrected chi connectivity index (χ0v) is 9.98. The van der Waals surface area contributed by atoms with Gasteiger partial charge in [0.25, 0.3) is 0 Å². The molecule has 1 fully saturated rings. The van der Waals surface area contributed by atoms with Crippen molar-refractivity contribution in [1.82, 2.24) is 10.2 Å². The first-order valence-corrected chi connectivity index (χ1v) is 5.80. The molecule has 2 amide bonds. The fourth-order valence-electron chi connectivity index (χ4n) is 1.77. The number of rotatable bonds is 4. The van der Waals surface area contributed by atoms with E-state index >= 15 is 0 Å². The first-order valence-electron chi connectivity index (χ1n) is 5.80. The van der Waals surface area contributed by atoms with Crippen molar-refractivity contribution in [3.63, 3.8) is 0 Å². The van der Waals surface area contributed by atoms with Gasteiger partial charge in [-0.25, -0.2) is 4.79 Å². The molecule has 1 N–H and O–H groups in total. The van der Waals surface area contributed by atoms with Crippen molar-refractivity contribution in [2.75, 3.05) is 26.2 Å². The molecule has 1 aliphatic heterocycles. The van der Waals surface area contributed by atoms with E-state index < -0.39 is 6.09 Å². The molecule has 0 aromatic heterocycles. The number of nitrogens with one attached hydrogen (secondary N) is 1. The summed E-state index contributed by atoms with van der Waals surface area (Å²) in [5.41, 5.74) is 0. The Kier molecular flexibility index (Phi) is 5.62. The molecule has 0 aromatic carbocycles. The van der Waals surface area contributed by atoms with E-state index in [-0.39, 0.29) is 25.0 Å². The predicted octanol–water partition coefficient (Wildman–Crippen LogP) is 0.170. The summed E-state index contributed by atoms with van der Waals surface area (Å²) in [5.74, 6) is -0.257. The van der Waals surface area contributed by atoms with Crippen LogP contribution in [0, 0.1) is 5.92 Å². The molecule has 0 aliphatic carbocycles. The van der Waals surface area contributed by atoms with Crippen LogP contribution in [0.2, 0.25) is 0 Å². The summed E-state index contributed by atoms with van der Waals surface area (Å²) in [7, 11) is 0. The lowest BCUT2D eigenvalue weighted by Gasteiger charge is -2.28. The minimum atomic E-state index is -0.708. The van der Waals surface area contributed by atoms with Gasteiger partial charge in [-0.1, -0.05) is 0 Å². The van der Waals surface area contributed by atoms with E-state index in [2.05, 4.69) is 10.1 Å². The summed E-state index contributed by atoms with van der Waals surface area (Å²) >= 11 is 0. The van der Waals surface area contributed by atoms with Crippen molar-refractivity contribution in [2.24, 2.45) is 5.92 Å². The van der Waals surface area contributed by atoms with E-state index in [1.165, 1.54) is 0 Å². The predicted molar refractivity (Wildman–Crippen MR) is 60.4 cm³/mol. The van der Waals surface area contributed by atoms with E-state index in [1.807, 2.05) is 4.90 Å². The van der Waals surface area contributed by atoms with Gasteiger partial charge in [0.1, 0.15) is 6.29 Å². The fraction of sp³-hybridized carbons (Fsp3) is 0.727. The number of nitrogens with zero attached hydrogens (tertiary/aromatic N) is 1. The van der Waals surface area contributed by atoms with Gasteiger partial charge in [-0.2, -0.15) is 0 Å². The molecule has 1 aliphatic rings. The molecule has 96 valence electrons. The van der Waals surface area contributed by atoms with E-state index in [0.717, 1.165) is 19.1 Å². The smallest absolute Gasteiger partial charge is 0.413 e. The summed E-state index contributed by atoms with van der Waals surface area (Å²) in [6, 6.07) is 0. The minimum absolute atomic E-state index is 0.111. The van der Waals surface area contributed by atoms with Crippen LogP contribution in [-0.4, -0.2) is 49.4 Å². The van der Waals surface area contributed by atoms with Gasteiger partial charge in [-0.3, -0.25) is 15.0 Å². The molecule has 6 heteroatoms. The number of likely N-dealkylation sites (tertiary alicyclic amines) is 1. The maximum Gasteiger partial charge on any atom is 0.413 e. The van der Waals surface area contributed by atoms with Gasteiger partial charge in [-0.15, -0.1) is 0 Å². The Labute approximate surface area is 100 Å². The van der Waals surface area contributed by atoms with Gasteiger partial charge < -0.3 is 9.53 Å². The first-order chi connectivity index (χ1) is 8.15. The summed E-state index contributed by atoms with van der Waals surface area (Å²) in [6.45, 7) is 3.50. The lowest BCUT2D eigenvalue weighted by molar-refractivity contribution is -0.122. The van der Waals surface area contributed by atoms with Gasteiger partial charge in [0, 0.05) is 5.92 Å². The van der Waals surface area contributed by atoms with Gasteiger partial charge in [0.2, 0.25) is 5.91 Å². The molecule has 0 radical (unpaired) electrons. The Morgan fingerprint density at radius 3 is 2.59 bits per heavy atom. The second-order valence-corrected chi connectivity index (χ2v) is 4.02. The number of carbonyl (C=O) groups is 3. The number of carbonyl (C=O) groups excluding carboxylic acids is 3. The highest BCUT2D eigenvalue weighted by atomic mass is 16.5. The van der Waals surface area contributed by atoms with Crippen LogP contribution in [0.3, 0.4) is 0 Å². The maximum atomic E-state index is 11.4. The molecule has 0 atom stereocenters. The van der Waals surface area contributed by atoms with E-state index in [0.29, 0.717) is 13.1 Å². The summed E-state index contributed by atoms with van der Waals surface area (Å²) in [5, 5.41) is 2.14. The molecule has 6 nitrogen and oxygen atoms in total. The second kappa shape index (κ2) is 7.01. The van der Waals surface area contributed by atoms with Crippen LogP contribution >= 0.6 is 0 Å². The van der Waals surface area contributed by atoms with Crippen LogP contribution < -0.4 is 5.32 Å².